The lowest BCUT2D eigenvalue weighted by Crippen LogP contribution is -1.87. The van der Waals surface area contributed by atoms with Gasteiger partial charge in [0.1, 0.15) is 12.1 Å². The van der Waals surface area contributed by atoms with Crippen molar-refractivity contribution >= 4 is 26.8 Å². The van der Waals surface area contributed by atoms with Crippen LogP contribution in [0.25, 0.3) is 10.9 Å². The van der Waals surface area contributed by atoms with Crippen molar-refractivity contribution in [3.8, 4) is 5.75 Å². The molecule has 0 amide bonds. The van der Waals surface area contributed by atoms with E-state index < -0.39 is 0 Å². The molecule has 2 rings (SSSR count). The Morgan fingerprint density at radius 3 is 3.00 bits per heavy atom. The summed E-state index contributed by atoms with van der Waals surface area (Å²) < 4.78 is 6.15. The molecule has 1 aromatic heterocycles. The molecule has 0 aliphatic heterocycles. The van der Waals surface area contributed by atoms with Gasteiger partial charge in [-0.1, -0.05) is 15.9 Å². The topological polar surface area (TPSA) is 35.0 Å². The van der Waals surface area contributed by atoms with E-state index in [9.17, 15) is 0 Å². The summed E-state index contributed by atoms with van der Waals surface area (Å²) in [4.78, 5) is 8.07. The number of hydrogen-bond acceptors (Lipinski definition) is 3. The Hall–Kier alpha value is -1.16. The fraction of sp³-hybridized carbons (Fsp3) is 0.111. The van der Waals surface area contributed by atoms with Crippen LogP contribution in [0.1, 0.15) is 0 Å². The van der Waals surface area contributed by atoms with Gasteiger partial charge in [-0.25, -0.2) is 9.97 Å². The normalized spacial score (nSPS) is 10.3. The molecular formula is C9H7BrN2O. The molecule has 3 nitrogen and oxygen atoms in total. The van der Waals surface area contributed by atoms with Crippen LogP contribution in [-0.2, 0) is 0 Å². The summed E-state index contributed by atoms with van der Waals surface area (Å²) in [6, 6.07) is 3.82. The molecule has 0 saturated carbocycles. The van der Waals surface area contributed by atoms with Crippen LogP contribution in [0.5, 0.6) is 5.75 Å². The van der Waals surface area contributed by atoms with Gasteiger partial charge in [-0.05, 0) is 12.1 Å². The molecule has 2 aromatic rings. The lowest BCUT2D eigenvalue weighted by atomic mass is 10.2. The van der Waals surface area contributed by atoms with Crippen LogP contribution in [0.4, 0.5) is 0 Å². The molecule has 13 heavy (non-hydrogen) atoms. The summed E-state index contributed by atoms with van der Waals surface area (Å²) >= 11 is 3.38. The monoisotopic (exact) mass is 238 g/mol. The molecule has 0 aliphatic carbocycles. The zero-order valence-electron chi connectivity index (χ0n) is 6.99. The first-order chi connectivity index (χ1) is 6.31. The van der Waals surface area contributed by atoms with E-state index in [2.05, 4.69) is 25.9 Å². The minimum atomic E-state index is 0.782. The fourth-order valence-electron chi connectivity index (χ4n) is 1.19. The highest BCUT2D eigenvalue weighted by Crippen LogP contribution is 2.27. The van der Waals surface area contributed by atoms with Gasteiger partial charge in [0.25, 0.3) is 0 Å². The maximum Gasteiger partial charge on any atom is 0.130 e. The number of aromatic nitrogens is 2. The van der Waals surface area contributed by atoms with Crippen molar-refractivity contribution in [2.24, 2.45) is 0 Å². The molecule has 0 saturated heterocycles. The van der Waals surface area contributed by atoms with Crippen molar-refractivity contribution in [3.63, 3.8) is 0 Å². The molecular weight excluding hydrogens is 232 g/mol. The number of hydrogen-bond donors (Lipinski definition) is 0. The third-order valence-electron chi connectivity index (χ3n) is 1.77. The van der Waals surface area contributed by atoms with Gasteiger partial charge in [-0.3, -0.25) is 0 Å². The number of benzene rings is 1. The molecule has 0 radical (unpaired) electrons. The second-order valence-corrected chi connectivity index (χ2v) is 3.48. The van der Waals surface area contributed by atoms with Crippen LogP contribution in [0.3, 0.4) is 0 Å². The first-order valence-corrected chi connectivity index (χ1v) is 4.54. The van der Waals surface area contributed by atoms with Crippen molar-refractivity contribution < 1.29 is 4.74 Å². The Kier molecular flexibility index (Phi) is 2.14. The lowest BCUT2D eigenvalue weighted by molar-refractivity contribution is 0.419. The quantitative estimate of drug-likeness (QED) is 0.766. The predicted octanol–water partition coefficient (Wildman–Crippen LogP) is 2.40. The van der Waals surface area contributed by atoms with Crippen LogP contribution in [-0.4, -0.2) is 17.1 Å². The molecule has 0 bridgehead atoms. The molecule has 0 fully saturated rings. The van der Waals surface area contributed by atoms with Crippen LogP contribution < -0.4 is 4.74 Å². The van der Waals surface area contributed by atoms with Crippen molar-refractivity contribution in [2.45, 2.75) is 0 Å². The third-order valence-corrected chi connectivity index (χ3v) is 2.23. The number of rotatable bonds is 1. The van der Waals surface area contributed by atoms with E-state index in [1.54, 1.807) is 13.3 Å². The lowest BCUT2D eigenvalue weighted by Gasteiger charge is -2.04. The molecule has 0 spiro atoms. The minimum Gasteiger partial charge on any atom is -0.496 e. The number of methoxy groups -OCH3 is 1. The van der Waals surface area contributed by atoms with Crippen LogP contribution in [0.2, 0.25) is 0 Å². The Morgan fingerprint density at radius 2 is 2.23 bits per heavy atom. The van der Waals surface area contributed by atoms with Gasteiger partial charge in [0, 0.05) is 10.7 Å². The van der Waals surface area contributed by atoms with E-state index in [4.69, 9.17) is 4.74 Å². The predicted molar refractivity (Wildman–Crippen MR) is 53.8 cm³/mol. The smallest absolute Gasteiger partial charge is 0.130 e. The van der Waals surface area contributed by atoms with Gasteiger partial charge >= 0.3 is 0 Å². The molecule has 0 unspecified atom stereocenters. The first-order valence-electron chi connectivity index (χ1n) is 3.74. The molecule has 0 atom stereocenters. The molecule has 0 N–H and O–H groups in total. The third kappa shape index (κ3) is 1.49. The molecule has 66 valence electrons. The van der Waals surface area contributed by atoms with Crippen LogP contribution in [0.15, 0.2) is 29.1 Å². The number of halogens is 1. The van der Waals surface area contributed by atoms with Crippen molar-refractivity contribution in [2.75, 3.05) is 7.11 Å². The number of nitrogens with zero attached hydrogens (tertiary/aromatic N) is 2. The van der Waals surface area contributed by atoms with E-state index >= 15 is 0 Å². The zero-order valence-corrected chi connectivity index (χ0v) is 8.58. The molecule has 1 heterocycles. The summed E-state index contributed by atoms with van der Waals surface area (Å²) in [7, 11) is 1.63. The van der Waals surface area contributed by atoms with E-state index in [-0.39, 0.29) is 0 Å². The summed E-state index contributed by atoms with van der Waals surface area (Å²) in [6.45, 7) is 0. The second-order valence-electron chi connectivity index (χ2n) is 2.56. The summed E-state index contributed by atoms with van der Waals surface area (Å²) in [5.41, 5.74) is 0.876. The minimum absolute atomic E-state index is 0.782. The average molecular weight is 239 g/mol. The number of ether oxygens (including phenoxy) is 1. The van der Waals surface area contributed by atoms with Crippen molar-refractivity contribution in [1.29, 1.82) is 0 Å². The van der Waals surface area contributed by atoms with Crippen LogP contribution >= 0.6 is 15.9 Å². The summed E-state index contributed by atoms with van der Waals surface area (Å²) in [5.74, 6) is 0.782. The van der Waals surface area contributed by atoms with Crippen molar-refractivity contribution in [1.82, 2.24) is 9.97 Å². The van der Waals surface area contributed by atoms with Gasteiger partial charge in [-0.2, -0.15) is 0 Å². The first kappa shape index (κ1) is 8.44. The number of fused-ring (bicyclic) bond motifs is 1. The largest absolute Gasteiger partial charge is 0.496 e. The van der Waals surface area contributed by atoms with E-state index in [1.165, 1.54) is 6.33 Å². The molecule has 0 aliphatic rings. The Labute approximate surface area is 83.9 Å². The van der Waals surface area contributed by atoms with Gasteiger partial charge in [0.15, 0.2) is 0 Å². The summed E-state index contributed by atoms with van der Waals surface area (Å²) in [5, 5.41) is 0.924. The summed E-state index contributed by atoms with van der Waals surface area (Å²) in [6.07, 6.45) is 3.27. The highest BCUT2D eigenvalue weighted by Gasteiger charge is 2.03. The maximum absolute atomic E-state index is 5.20. The van der Waals surface area contributed by atoms with Gasteiger partial charge in [-0.15, -0.1) is 0 Å². The van der Waals surface area contributed by atoms with E-state index in [0.29, 0.717) is 0 Å². The highest BCUT2D eigenvalue weighted by atomic mass is 79.9. The SMILES string of the molecule is COc1cc(Br)cc2ncncc12. The van der Waals surface area contributed by atoms with Crippen LogP contribution in [0, 0.1) is 0 Å². The maximum atomic E-state index is 5.20. The Morgan fingerprint density at radius 1 is 1.38 bits per heavy atom. The molecule has 1 aromatic carbocycles. The second kappa shape index (κ2) is 3.30. The van der Waals surface area contributed by atoms with Gasteiger partial charge < -0.3 is 4.74 Å². The zero-order chi connectivity index (χ0) is 9.26. The average Bonchev–Trinajstić information content (AvgIpc) is 2.16. The van der Waals surface area contributed by atoms with E-state index in [0.717, 1.165) is 21.1 Å². The van der Waals surface area contributed by atoms with Gasteiger partial charge in [0.05, 0.1) is 18.0 Å². The van der Waals surface area contributed by atoms with Crippen molar-refractivity contribution in [3.05, 3.63) is 29.1 Å². The Balaban J connectivity index is 2.81. The highest BCUT2D eigenvalue weighted by molar-refractivity contribution is 9.10. The fourth-order valence-corrected chi connectivity index (χ4v) is 1.61. The van der Waals surface area contributed by atoms with Gasteiger partial charge in [0.2, 0.25) is 0 Å². The Bertz CT molecular complexity index is 445. The molecule has 4 heteroatoms. The standard InChI is InChI=1S/C9H7BrN2O/c1-13-9-3-6(10)2-8-7(9)4-11-5-12-8/h2-5H,1H3. The van der Waals surface area contributed by atoms with E-state index in [1.807, 2.05) is 12.1 Å².